The molecule has 0 aliphatic heterocycles. The highest BCUT2D eigenvalue weighted by Crippen LogP contribution is 2.22. The molecule has 178 valence electrons. The predicted molar refractivity (Wildman–Crippen MR) is 132 cm³/mol. The Balaban J connectivity index is 1.62. The van der Waals surface area contributed by atoms with Crippen molar-refractivity contribution in [3.63, 3.8) is 0 Å². The number of rotatable bonds is 10. The molecule has 2 aromatic carbocycles. The van der Waals surface area contributed by atoms with Crippen LogP contribution in [-0.4, -0.2) is 54.9 Å². The highest BCUT2D eigenvalue weighted by atomic mass is 32.2. The summed E-state index contributed by atoms with van der Waals surface area (Å²) in [4.78, 5) is 17.3. The molecular formula is C24H33N5O3S. The number of amides is 1. The van der Waals surface area contributed by atoms with Crippen molar-refractivity contribution in [3.05, 3.63) is 54.4 Å². The monoisotopic (exact) mass is 471 g/mol. The quantitative estimate of drug-likeness (QED) is 0.474. The molecule has 0 aliphatic carbocycles. The molecule has 1 aromatic heterocycles. The van der Waals surface area contributed by atoms with Crippen LogP contribution in [0, 0.1) is 5.92 Å². The largest absolute Gasteiger partial charge is 0.380 e. The van der Waals surface area contributed by atoms with Gasteiger partial charge in [0.25, 0.3) is 0 Å². The van der Waals surface area contributed by atoms with Crippen LogP contribution in [0.1, 0.15) is 26.1 Å². The lowest BCUT2D eigenvalue weighted by Crippen LogP contribution is -2.39. The van der Waals surface area contributed by atoms with E-state index in [4.69, 9.17) is 0 Å². The number of aromatic nitrogens is 2. The summed E-state index contributed by atoms with van der Waals surface area (Å²) >= 11 is 0. The molecule has 1 heterocycles. The zero-order valence-corrected chi connectivity index (χ0v) is 20.7. The zero-order valence-electron chi connectivity index (χ0n) is 19.9. The van der Waals surface area contributed by atoms with E-state index in [1.165, 1.54) is 18.4 Å². The van der Waals surface area contributed by atoms with Crippen molar-refractivity contribution in [3.8, 4) is 0 Å². The maximum absolute atomic E-state index is 12.5. The van der Waals surface area contributed by atoms with Crippen molar-refractivity contribution >= 4 is 32.7 Å². The summed E-state index contributed by atoms with van der Waals surface area (Å²) in [5.41, 5.74) is 2.46. The van der Waals surface area contributed by atoms with E-state index in [-0.39, 0.29) is 16.8 Å². The van der Waals surface area contributed by atoms with E-state index < -0.39 is 10.0 Å². The Morgan fingerprint density at radius 2 is 1.82 bits per heavy atom. The molecule has 0 spiro atoms. The minimum atomic E-state index is -3.53. The van der Waals surface area contributed by atoms with Crippen LogP contribution in [0.3, 0.4) is 0 Å². The van der Waals surface area contributed by atoms with Crippen LogP contribution in [-0.2, 0) is 28.3 Å². The van der Waals surface area contributed by atoms with E-state index in [0.717, 1.165) is 17.0 Å². The fourth-order valence-corrected chi connectivity index (χ4v) is 4.49. The third-order valence-corrected chi connectivity index (χ3v) is 7.56. The van der Waals surface area contributed by atoms with Gasteiger partial charge in [-0.15, -0.1) is 0 Å². The Bertz CT molecular complexity index is 1200. The standard InChI is InChI=1S/C24H33N5O3S/c1-17(2)21(26-18-9-7-6-8-10-18)16-25-24(30)14-13-23-27-20-15-19(33(31,32)28(3)4)11-12-22(20)29(23)5/h6-12,15,17,21,26H,13-14,16H2,1-5H3,(H,25,30). The molecule has 0 fully saturated rings. The molecule has 0 aliphatic rings. The molecule has 33 heavy (non-hydrogen) atoms. The van der Waals surface area contributed by atoms with Gasteiger partial charge in [-0.1, -0.05) is 32.0 Å². The number of hydrogen-bond donors (Lipinski definition) is 2. The summed E-state index contributed by atoms with van der Waals surface area (Å²) in [5, 5.41) is 6.50. The van der Waals surface area contributed by atoms with Gasteiger partial charge in [-0.25, -0.2) is 17.7 Å². The zero-order chi connectivity index (χ0) is 24.2. The van der Waals surface area contributed by atoms with Gasteiger partial charge in [0.15, 0.2) is 0 Å². The maximum atomic E-state index is 12.5. The Morgan fingerprint density at radius 3 is 2.45 bits per heavy atom. The number of sulfonamides is 1. The lowest BCUT2D eigenvalue weighted by molar-refractivity contribution is -0.121. The lowest BCUT2D eigenvalue weighted by atomic mass is 10.0. The van der Waals surface area contributed by atoms with Crippen LogP contribution >= 0.6 is 0 Å². The fourth-order valence-electron chi connectivity index (χ4n) is 3.56. The van der Waals surface area contributed by atoms with Gasteiger partial charge in [0.1, 0.15) is 5.82 Å². The van der Waals surface area contributed by atoms with Gasteiger partial charge in [0, 0.05) is 52.3 Å². The first kappa shape index (κ1) is 24.7. The molecule has 1 atom stereocenters. The number of nitrogens with zero attached hydrogens (tertiary/aromatic N) is 3. The van der Waals surface area contributed by atoms with E-state index in [2.05, 4.69) is 29.5 Å². The summed E-state index contributed by atoms with van der Waals surface area (Å²) in [6.07, 6.45) is 0.765. The summed E-state index contributed by atoms with van der Waals surface area (Å²) in [7, 11) is 1.35. The normalized spacial score (nSPS) is 12.9. The van der Waals surface area contributed by atoms with Gasteiger partial charge in [0.2, 0.25) is 15.9 Å². The highest BCUT2D eigenvalue weighted by Gasteiger charge is 2.20. The average molecular weight is 472 g/mol. The molecule has 0 radical (unpaired) electrons. The summed E-state index contributed by atoms with van der Waals surface area (Å²) in [6.45, 7) is 4.77. The number of hydrogen-bond acceptors (Lipinski definition) is 5. The molecule has 1 amide bonds. The Hall–Kier alpha value is -2.91. The number of benzene rings is 2. The topological polar surface area (TPSA) is 96.3 Å². The van der Waals surface area contributed by atoms with Gasteiger partial charge in [-0.3, -0.25) is 4.79 Å². The molecule has 0 saturated heterocycles. The summed E-state index contributed by atoms with van der Waals surface area (Å²) < 4.78 is 27.9. The first-order valence-corrected chi connectivity index (χ1v) is 12.5. The Kier molecular flexibility index (Phi) is 7.76. The molecule has 9 heteroatoms. The van der Waals surface area contributed by atoms with Gasteiger partial charge in [-0.2, -0.15) is 0 Å². The lowest BCUT2D eigenvalue weighted by Gasteiger charge is -2.24. The van der Waals surface area contributed by atoms with E-state index in [1.54, 1.807) is 18.2 Å². The third-order valence-electron chi connectivity index (χ3n) is 5.75. The molecule has 8 nitrogen and oxygen atoms in total. The second-order valence-electron chi connectivity index (χ2n) is 8.69. The number of aryl methyl sites for hydroxylation is 2. The maximum Gasteiger partial charge on any atom is 0.242 e. The Morgan fingerprint density at radius 1 is 1.12 bits per heavy atom. The molecule has 1 unspecified atom stereocenters. The van der Waals surface area contributed by atoms with Gasteiger partial charge in [0.05, 0.1) is 15.9 Å². The van der Waals surface area contributed by atoms with Crippen LogP contribution in [0.5, 0.6) is 0 Å². The number of carbonyl (C=O) groups excluding carboxylic acids is 1. The number of imidazole rings is 1. The van der Waals surface area contributed by atoms with Crippen LogP contribution in [0.4, 0.5) is 5.69 Å². The van der Waals surface area contributed by atoms with Gasteiger partial charge >= 0.3 is 0 Å². The number of carbonyl (C=O) groups is 1. The van der Waals surface area contributed by atoms with Crippen molar-refractivity contribution in [2.45, 2.75) is 37.6 Å². The van der Waals surface area contributed by atoms with Crippen molar-refractivity contribution in [1.29, 1.82) is 0 Å². The SMILES string of the molecule is CC(C)C(CNC(=O)CCc1nc2cc(S(=O)(=O)N(C)C)ccc2n1C)Nc1ccccc1. The van der Waals surface area contributed by atoms with Gasteiger partial charge < -0.3 is 15.2 Å². The van der Waals surface area contributed by atoms with Crippen molar-refractivity contribution in [2.24, 2.45) is 13.0 Å². The smallest absolute Gasteiger partial charge is 0.242 e. The average Bonchev–Trinajstić information content (AvgIpc) is 3.10. The van der Waals surface area contributed by atoms with Crippen LogP contribution in [0.25, 0.3) is 11.0 Å². The van der Waals surface area contributed by atoms with Crippen molar-refractivity contribution < 1.29 is 13.2 Å². The number of nitrogens with one attached hydrogen (secondary N) is 2. The van der Waals surface area contributed by atoms with Crippen LogP contribution < -0.4 is 10.6 Å². The third kappa shape index (κ3) is 5.91. The minimum Gasteiger partial charge on any atom is -0.380 e. The second kappa shape index (κ2) is 10.4. The fraction of sp³-hybridized carbons (Fsp3) is 0.417. The molecule has 0 saturated carbocycles. The molecule has 2 N–H and O–H groups in total. The number of para-hydroxylation sites is 1. The van der Waals surface area contributed by atoms with Crippen molar-refractivity contribution in [1.82, 2.24) is 19.2 Å². The van der Waals surface area contributed by atoms with E-state index in [9.17, 15) is 13.2 Å². The highest BCUT2D eigenvalue weighted by molar-refractivity contribution is 7.89. The molecular weight excluding hydrogens is 438 g/mol. The van der Waals surface area contributed by atoms with Gasteiger partial charge in [-0.05, 0) is 36.2 Å². The van der Waals surface area contributed by atoms with Crippen molar-refractivity contribution in [2.75, 3.05) is 26.0 Å². The summed E-state index contributed by atoms with van der Waals surface area (Å²) in [5.74, 6) is 1.04. The van der Waals surface area contributed by atoms with E-state index in [1.807, 2.05) is 41.9 Å². The number of fused-ring (bicyclic) bond motifs is 1. The molecule has 3 rings (SSSR count). The van der Waals surface area contributed by atoms with E-state index >= 15 is 0 Å². The number of anilines is 1. The van der Waals surface area contributed by atoms with Crippen LogP contribution in [0.2, 0.25) is 0 Å². The van der Waals surface area contributed by atoms with Crippen LogP contribution in [0.15, 0.2) is 53.4 Å². The predicted octanol–water partition coefficient (Wildman–Crippen LogP) is 3.01. The van der Waals surface area contributed by atoms with E-state index in [0.29, 0.717) is 30.8 Å². The first-order chi connectivity index (χ1) is 15.6. The molecule has 0 bridgehead atoms. The minimum absolute atomic E-state index is 0.0431. The first-order valence-electron chi connectivity index (χ1n) is 11.1. The molecule has 3 aromatic rings. The Labute approximate surface area is 196 Å². The second-order valence-corrected chi connectivity index (χ2v) is 10.8. The summed E-state index contributed by atoms with van der Waals surface area (Å²) in [6, 6.07) is 15.0.